The number of aliphatic hydroxyl groups excluding tert-OH is 2. The van der Waals surface area contributed by atoms with Gasteiger partial charge in [-0.1, -0.05) is 28.1 Å². The average Bonchev–Trinajstić information content (AvgIpc) is 2.46. The zero-order valence-electron chi connectivity index (χ0n) is 12.0. The molecule has 5 N–H and O–H groups in total. The normalized spacial score (nSPS) is 8.63. The molecule has 0 aliphatic heterocycles. The Kier molecular flexibility index (Phi) is 38.5. The maximum Gasteiger partial charge on any atom is 0.0555 e. The molecule has 0 aromatic heterocycles. The Morgan fingerprint density at radius 2 is 1.53 bits per heavy atom. The molecule has 0 unspecified atom stereocenters. The Bertz CT molecular complexity index is 156. The topological polar surface area (TPSA) is 78.5 Å². The molecule has 0 fully saturated rings. The van der Waals surface area contributed by atoms with Crippen LogP contribution in [0.2, 0.25) is 0 Å². The van der Waals surface area contributed by atoms with Crippen LogP contribution in [0, 0.1) is 0 Å². The lowest BCUT2D eigenvalue weighted by Crippen LogP contribution is -2.18. The summed E-state index contributed by atoms with van der Waals surface area (Å²) < 4.78 is 0. The molecule has 0 radical (unpaired) electrons. The van der Waals surface area contributed by atoms with Gasteiger partial charge < -0.3 is 21.3 Å². The van der Waals surface area contributed by atoms with Crippen molar-refractivity contribution in [1.29, 1.82) is 0 Å². The highest BCUT2D eigenvalue weighted by Crippen LogP contribution is 1.92. The largest absolute Gasteiger partial charge is 0.395 e. The molecule has 5 heteroatoms. The van der Waals surface area contributed by atoms with Crippen molar-refractivity contribution in [3.63, 3.8) is 0 Å². The number of unbranched alkanes of at least 4 members (excludes halogenated alkanes) is 2. The number of allylic oxidation sites excluding steroid dienone is 2. The lowest BCUT2D eigenvalue weighted by molar-refractivity contribution is 0.292. The van der Waals surface area contributed by atoms with E-state index in [1.807, 2.05) is 12.2 Å². The van der Waals surface area contributed by atoms with Gasteiger partial charge in [-0.2, -0.15) is 0 Å². The quantitative estimate of drug-likeness (QED) is 0.278. The fraction of sp³-hybridized carbons (Fsp3) is 0.714. The van der Waals surface area contributed by atoms with Crippen molar-refractivity contribution in [3.05, 3.63) is 25.3 Å². The number of hydrogen-bond donors (Lipinski definition) is 4. The smallest absolute Gasteiger partial charge is 0.0555 e. The van der Waals surface area contributed by atoms with Crippen LogP contribution < -0.4 is 11.1 Å². The molecule has 0 aromatic rings. The van der Waals surface area contributed by atoms with E-state index in [1.54, 1.807) is 0 Å². The predicted molar refractivity (Wildman–Crippen MR) is 88.8 cm³/mol. The second-order valence-electron chi connectivity index (χ2n) is 3.54. The summed E-state index contributed by atoms with van der Waals surface area (Å²) >= 11 is 3.30. The van der Waals surface area contributed by atoms with Gasteiger partial charge in [0.1, 0.15) is 0 Å². The molecular formula is C14H31BrN2O2. The second kappa shape index (κ2) is 30.7. The Balaban J connectivity index is -0.000000222. The molecule has 0 aliphatic carbocycles. The van der Waals surface area contributed by atoms with Crippen LogP contribution in [0.3, 0.4) is 0 Å². The Morgan fingerprint density at radius 3 is 1.84 bits per heavy atom. The van der Waals surface area contributed by atoms with E-state index >= 15 is 0 Å². The molecule has 116 valence electrons. The summed E-state index contributed by atoms with van der Waals surface area (Å²) in [5.41, 5.74) is 4.78. The number of nitrogens with one attached hydrogen (secondary N) is 1. The molecule has 0 aromatic carbocycles. The highest BCUT2D eigenvalue weighted by atomic mass is 79.9. The van der Waals surface area contributed by atoms with Gasteiger partial charge in [0.05, 0.1) is 13.2 Å². The van der Waals surface area contributed by atoms with Crippen LogP contribution in [-0.2, 0) is 0 Å². The first kappa shape index (κ1) is 23.9. The van der Waals surface area contributed by atoms with E-state index < -0.39 is 0 Å². The molecule has 0 rings (SSSR count). The summed E-state index contributed by atoms with van der Waals surface area (Å²) in [7, 11) is 0. The summed E-state index contributed by atoms with van der Waals surface area (Å²) in [6.07, 6.45) is 8.35. The van der Waals surface area contributed by atoms with E-state index in [9.17, 15) is 0 Å². The molecule has 0 atom stereocenters. The van der Waals surface area contributed by atoms with E-state index in [1.165, 1.54) is 6.42 Å². The second-order valence-corrected chi connectivity index (χ2v) is 4.33. The highest BCUT2D eigenvalue weighted by Gasteiger charge is 1.82. The molecule has 0 saturated heterocycles. The number of nitrogens with two attached hydrogens (primary N) is 1. The first-order valence-electron chi connectivity index (χ1n) is 6.65. The maximum absolute atomic E-state index is 8.34. The van der Waals surface area contributed by atoms with Crippen molar-refractivity contribution in [1.82, 2.24) is 5.32 Å². The minimum Gasteiger partial charge on any atom is -0.395 e. The van der Waals surface area contributed by atoms with Gasteiger partial charge in [-0.05, 0) is 32.2 Å². The minimum atomic E-state index is 0.0972. The third-order valence-electron chi connectivity index (χ3n) is 1.72. The molecule has 19 heavy (non-hydrogen) atoms. The van der Waals surface area contributed by atoms with Crippen LogP contribution in [0.1, 0.15) is 25.7 Å². The third-order valence-corrected chi connectivity index (χ3v) is 2.28. The van der Waals surface area contributed by atoms with Crippen LogP contribution in [0.15, 0.2) is 25.3 Å². The van der Waals surface area contributed by atoms with Gasteiger partial charge >= 0.3 is 0 Å². The van der Waals surface area contributed by atoms with E-state index in [0.717, 1.165) is 31.1 Å². The van der Waals surface area contributed by atoms with Gasteiger partial charge in [0.15, 0.2) is 0 Å². The van der Waals surface area contributed by atoms with Crippen molar-refractivity contribution >= 4 is 15.9 Å². The predicted octanol–water partition coefficient (Wildman–Crippen LogP) is 1.82. The summed E-state index contributed by atoms with van der Waals surface area (Å²) in [5.74, 6) is 0. The molecule has 4 nitrogen and oxygen atoms in total. The number of rotatable bonds is 10. The molecule has 0 amide bonds. The third kappa shape index (κ3) is 46.3. The molecule has 0 bridgehead atoms. The van der Waals surface area contributed by atoms with Crippen molar-refractivity contribution in [2.45, 2.75) is 25.7 Å². The van der Waals surface area contributed by atoms with Crippen LogP contribution >= 0.6 is 15.9 Å². The SMILES string of the molecule is C=CCCCBr.C=CCCCNCCO.NCCO. The molecule has 0 aliphatic rings. The van der Waals surface area contributed by atoms with Gasteiger partial charge in [0.2, 0.25) is 0 Å². The van der Waals surface area contributed by atoms with Crippen molar-refractivity contribution < 1.29 is 10.2 Å². The maximum atomic E-state index is 8.34. The van der Waals surface area contributed by atoms with Crippen LogP contribution in [-0.4, -0.2) is 48.4 Å². The van der Waals surface area contributed by atoms with Crippen molar-refractivity contribution in [3.8, 4) is 0 Å². The van der Waals surface area contributed by atoms with Crippen molar-refractivity contribution in [2.24, 2.45) is 5.73 Å². The number of alkyl halides is 1. The van der Waals surface area contributed by atoms with E-state index in [0.29, 0.717) is 13.1 Å². The Hall–Kier alpha value is -0.200. The fourth-order valence-electron chi connectivity index (χ4n) is 0.797. The highest BCUT2D eigenvalue weighted by molar-refractivity contribution is 9.09. The fourth-order valence-corrected chi connectivity index (χ4v) is 1.12. The number of hydrogen-bond acceptors (Lipinski definition) is 4. The zero-order valence-corrected chi connectivity index (χ0v) is 13.6. The van der Waals surface area contributed by atoms with Gasteiger partial charge in [-0.25, -0.2) is 0 Å². The first-order chi connectivity index (χ1) is 9.24. The van der Waals surface area contributed by atoms with Gasteiger partial charge in [-0.3, -0.25) is 0 Å². The first-order valence-corrected chi connectivity index (χ1v) is 7.77. The Labute approximate surface area is 126 Å². The van der Waals surface area contributed by atoms with E-state index in [-0.39, 0.29) is 13.2 Å². The Morgan fingerprint density at radius 1 is 1.00 bits per heavy atom. The van der Waals surface area contributed by atoms with Crippen LogP contribution in [0.25, 0.3) is 0 Å². The van der Waals surface area contributed by atoms with Crippen LogP contribution in [0.5, 0.6) is 0 Å². The summed E-state index contributed by atoms with van der Waals surface area (Å²) in [6.45, 7) is 9.57. The monoisotopic (exact) mass is 338 g/mol. The van der Waals surface area contributed by atoms with E-state index in [2.05, 4.69) is 34.4 Å². The summed E-state index contributed by atoms with van der Waals surface area (Å²) in [4.78, 5) is 0. The van der Waals surface area contributed by atoms with Gasteiger partial charge in [0.25, 0.3) is 0 Å². The molecular weight excluding hydrogens is 308 g/mol. The number of aliphatic hydroxyl groups is 2. The van der Waals surface area contributed by atoms with Gasteiger partial charge in [-0.15, -0.1) is 13.2 Å². The number of halogens is 1. The molecule has 0 spiro atoms. The summed E-state index contributed by atoms with van der Waals surface area (Å²) in [5, 5.41) is 20.3. The summed E-state index contributed by atoms with van der Waals surface area (Å²) in [6, 6.07) is 0. The molecule has 0 heterocycles. The van der Waals surface area contributed by atoms with Crippen molar-refractivity contribution in [2.75, 3.05) is 38.2 Å². The minimum absolute atomic E-state index is 0.0972. The van der Waals surface area contributed by atoms with E-state index in [4.69, 9.17) is 15.9 Å². The van der Waals surface area contributed by atoms with Gasteiger partial charge in [0, 0.05) is 18.4 Å². The lowest BCUT2D eigenvalue weighted by atomic mass is 10.3. The zero-order chi connectivity index (χ0) is 15.2. The molecule has 0 saturated carbocycles. The average molecular weight is 339 g/mol. The standard InChI is InChI=1S/C7H15NO.C5H9Br.C2H7NO/c1-2-3-4-5-8-6-7-9;1-2-3-4-5-6;3-1-2-4/h2,8-9H,1,3-7H2;2H,1,3-5H2;4H,1-3H2. The van der Waals surface area contributed by atoms with Crippen LogP contribution in [0.4, 0.5) is 0 Å². The lowest BCUT2D eigenvalue weighted by Gasteiger charge is -1.98.